The summed E-state index contributed by atoms with van der Waals surface area (Å²) in [5.41, 5.74) is -0.106. The van der Waals surface area contributed by atoms with Crippen LogP contribution in [0.25, 0.3) is 10.8 Å². The van der Waals surface area contributed by atoms with Crippen molar-refractivity contribution in [3.8, 4) is 5.75 Å². The minimum absolute atomic E-state index is 0.0449. The van der Waals surface area contributed by atoms with Gasteiger partial charge in [-0.3, -0.25) is 4.98 Å². The number of benzene rings is 1. The molecule has 0 bridgehead atoms. The molecule has 2 aromatic rings. The molecular weight excluding hydrogens is 340 g/mol. The van der Waals surface area contributed by atoms with E-state index < -0.39 is 15.4 Å². The van der Waals surface area contributed by atoms with Crippen molar-refractivity contribution in [3.63, 3.8) is 0 Å². The standard InChI is InChI=1S/C18H24N2O4S/c1-13(20-12-18(21)6-9-25(22,23)10-7-18)17-16-11-15(24-2)4-3-14(16)5-8-19-17/h3-5,8,11,13,20-21H,6-7,9-10,12H2,1-2H3. The average molecular weight is 364 g/mol. The van der Waals surface area contributed by atoms with E-state index in [2.05, 4.69) is 10.3 Å². The third kappa shape index (κ3) is 4.11. The van der Waals surface area contributed by atoms with E-state index >= 15 is 0 Å². The van der Waals surface area contributed by atoms with Crippen molar-refractivity contribution in [2.75, 3.05) is 25.2 Å². The average Bonchev–Trinajstić information content (AvgIpc) is 2.62. The van der Waals surface area contributed by atoms with Crippen LogP contribution >= 0.6 is 0 Å². The monoisotopic (exact) mass is 364 g/mol. The number of nitrogens with one attached hydrogen (secondary N) is 1. The van der Waals surface area contributed by atoms with Crippen molar-refractivity contribution in [1.29, 1.82) is 0 Å². The summed E-state index contributed by atoms with van der Waals surface area (Å²) < 4.78 is 28.4. The summed E-state index contributed by atoms with van der Waals surface area (Å²) in [5.74, 6) is 0.858. The van der Waals surface area contributed by atoms with Gasteiger partial charge in [-0.25, -0.2) is 8.42 Å². The van der Waals surface area contributed by atoms with E-state index in [0.717, 1.165) is 22.2 Å². The van der Waals surface area contributed by atoms with E-state index in [-0.39, 0.29) is 30.4 Å². The Morgan fingerprint density at radius 2 is 2.04 bits per heavy atom. The number of ether oxygens (including phenoxy) is 1. The van der Waals surface area contributed by atoms with Crippen LogP contribution in [-0.2, 0) is 9.84 Å². The molecule has 1 fully saturated rings. The number of hydrogen-bond donors (Lipinski definition) is 2. The van der Waals surface area contributed by atoms with Gasteiger partial charge in [-0.2, -0.15) is 0 Å². The molecule has 25 heavy (non-hydrogen) atoms. The number of methoxy groups -OCH3 is 1. The summed E-state index contributed by atoms with van der Waals surface area (Å²) in [6.45, 7) is 2.33. The van der Waals surface area contributed by atoms with Crippen LogP contribution in [0, 0.1) is 0 Å². The van der Waals surface area contributed by atoms with Crippen molar-refractivity contribution < 1.29 is 18.3 Å². The highest BCUT2D eigenvalue weighted by molar-refractivity contribution is 7.91. The zero-order valence-electron chi connectivity index (χ0n) is 14.5. The molecule has 1 aliphatic heterocycles. The van der Waals surface area contributed by atoms with Gasteiger partial charge in [0.2, 0.25) is 0 Å². The van der Waals surface area contributed by atoms with Gasteiger partial charge in [0.25, 0.3) is 0 Å². The molecule has 1 aliphatic rings. The minimum Gasteiger partial charge on any atom is -0.497 e. The summed E-state index contributed by atoms with van der Waals surface area (Å²) in [7, 11) is -1.36. The molecule has 0 radical (unpaired) electrons. The van der Waals surface area contributed by atoms with Gasteiger partial charge in [0.15, 0.2) is 9.84 Å². The first-order valence-corrected chi connectivity index (χ1v) is 10.2. The van der Waals surface area contributed by atoms with Crippen molar-refractivity contribution >= 4 is 20.6 Å². The Bertz CT molecular complexity index is 853. The fourth-order valence-corrected chi connectivity index (χ4v) is 4.76. The lowest BCUT2D eigenvalue weighted by Gasteiger charge is -2.33. The molecule has 2 N–H and O–H groups in total. The molecule has 1 aromatic heterocycles. The molecule has 3 rings (SSSR count). The highest BCUT2D eigenvalue weighted by Gasteiger charge is 2.35. The lowest BCUT2D eigenvalue weighted by atomic mass is 9.96. The Balaban J connectivity index is 1.75. The number of aliphatic hydroxyl groups is 1. The van der Waals surface area contributed by atoms with E-state index in [9.17, 15) is 13.5 Å². The van der Waals surface area contributed by atoms with E-state index in [4.69, 9.17) is 4.74 Å². The fraction of sp³-hybridized carbons (Fsp3) is 0.500. The van der Waals surface area contributed by atoms with Gasteiger partial charge in [0.1, 0.15) is 5.75 Å². The van der Waals surface area contributed by atoms with E-state index in [1.807, 2.05) is 31.2 Å². The van der Waals surface area contributed by atoms with Gasteiger partial charge in [-0.15, -0.1) is 0 Å². The van der Waals surface area contributed by atoms with Crippen LogP contribution in [0.1, 0.15) is 31.5 Å². The molecule has 0 aliphatic carbocycles. The van der Waals surface area contributed by atoms with Gasteiger partial charge in [0.05, 0.1) is 29.9 Å². The molecule has 2 heterocycles. The predicted octanol–water partition coefficient (Wildman–Crippen LogP) is 1.83. The lowest BCUT2D eigenvalue weighted by molar-refractivity contribution is 0.0283. The second kappa shape index (κ2) is 6.90. The summed E-state index contributed by atoms with van der Waals surface area (Å²) in [6.07, 6.45) is 2.31. The Hall–Kier alpha value is -1.70. The molecular formula is C18H24N2O4S. The number of nitrogens with zero attached hydrogens (tertiary/aromatic N) is 1. The first kappa shape index (κ1) is 18.1. The second-order valence-corrected chi connectivity index (χ2v) is 9.07. The van der Waals surface area contributed by atoms with Crippen LogP contribution in [-0.4, -0.2) is 49.3 Å². The largest absolute Gasteiger partial charge is 0.497 e. The van der Waals surface area contributed by atoms with Crippen molar-refractivity contribution in [3.05, 3.63) is 36.2 Å². The van der Waals surface area contributed by atoms with Crippen LogP contribution < -0.4 is 10.1 Å². The molecule has 1 unspecified atom stereocenters. The summed E-state index contributed by atoms with van der Waals surface area (Å²) in [5, 5.41) is 16.0. The maximum Gasteiger partial charge on any atom is 0.150 e. The number of fused-ring (bicyclic) bond motifs is 1. The maximum absolute atomic E-state index is 11.6. The minimum atomic E-state index is -3.00. The number of pyridine rings is 1. The predicted molar refractivity (Wildman–Crippen MR) is 97.6 cm³/mol. The number of rotatable bonds is 5. The van der Waals surface area contributed by atoms with Crippen LogP contribution in [0.2, 0.25) is 0 Å². The van der Waals surface area contributed by atoms with Crippen LogP contribution in [0.5, 0.6) is 5.75 Å². The highest BCUT2D eigenvalue weighted by Crippen LogP contribution is 2.28. The lowest BCUT2D eigenvalue weighted by Crippen LogP contribution is -2.47. The number of hydrogen-bond acceptors (Lipinski definition) is 6. The van der Waals surface area contributed by atoms with E-state index in [0.29, 0.717) is 6.54 Å². The Morgan fingerprint density at radius 1 is 1.32 bits per heavy atom. The SMILES string of the molecule is COc1ccc2ccnc(C(C)NCC3(O)CCS(=O)(=O)CC3)c2c1. The zero-order chi connectivity index (χ0) is 18.1. The van der Waals surface area contributed by atoms with Crippen LogP contribution in [0.3, 0.4) is 0 Å². The fourth-order valence-electron chi connectivity index (χ4n) is 3.18. The third-order valence-electron chi connectivity index (χ3n) is 4.91. The maximum atomic E-state index is 11.6. The Morgan fingerprint density at radius 3 is 2.72 bits per heavy atom. The molecule has 0 spiro atoms. The van der Waals surface area contributed by atoms with Crippen LogP contribution in [0.4, 0.5) is 0 Å². The highest BCUT2D eigenvalue weighted by atomic mass is 32.2. The molecule has 1 atom stereocenters. The number of sulfone groups is 1. The van der Waals surface area contributed by atoms with Gasteiger partial charge < -0.3 is 15.2 Å². The van der Waals surface area contributed by atoms with E-state index in [1.165, 1.54) is 0 Å². The van der Waals surface area contributed by atoms with Crippen molar-refractivity contribution in [2.45, 2.75) is 31.4 Å². The second-order valence-electron chi connectivity index (χ2n) is 6.76. The zero-order valence-corrected chi connectivity index (χ0v) is 15.3. The van der Waals surface area contributed by atoms with E-state index in [1.54, 1.807) is 13.3 Å². The van der Waals surface area contributed by atoms with Gasteiger partial charge >= 0.3 is 0 Å². The Kier molecular flexibility index (Phi) is 4.99. The van der Waals surface area contributed by atoms with Crippen molar-refractivity contribution in [1.82, 2.24) is 10.3 Å². The first-order valence-electron chi connectivity index (χ1n) is 8.41. The first-order chi connectivity index (χ1) is 11.8. The summed E-state index contributed by atoms with van der Waals surface area (Å²) >= 11 is 0. The molecule has 7 heteroatoms. The van der Waals surface area contributed by atoms with Gasteiger partial charge in [-0.1, -0.05) is 6.07 Å². The van der Waals surface area contributed by atoms with Crippen molar-refractivity contribution in [2.24, 2.45) is 0 Å². The molecule has 1 aromatic carbocycles. The van der Waals surface area contributed by atoms with Gasteiger partial charge in [0, 0.05) is 24.2 Å². The normalized spacial score (nSPS) is 20.3. The summed E-state index contributed by atoms with van der Waals surface area (Å²) in [4.78, 5) is 4.50. The van der Waals surface area contributed by atoms with Gasteiger partial charge in [-0.05, 0) is 43.4 Å². The third-order valence-corrected chi connectivity index (χ3v) is 6.56. The molecule has 0 saturated carbocycles. The molecule has 6 nitrogen and oxygen atoms in total. The molecule has 1 saturated heterocycles. The molecule has 136 valence electrons. The Labute approximate surface area is 148 Å². The quantitative estimate of drug-likeness (QED) is 0.842. The smallest absolute Gasteiger partial charge is 0.150 e. The van der Waals surface area contributed by atoms with Crippen LogP contribution in [0.15, 0.2) is 30.5 Å². The topological polar surface area (TPSA) is 88.5 Å². The molecule has 0 amide bonds. The summed E-state index contributed by atoms with van der Waals surface area (Å²) in [6, 6.07) is 7.72. The number of aromatic nitrogens is 1.